The minimum Gasteiger partial charge on any atom is -0.326 e. The van der Waals surface area contributed by atoms with Gasteiger partial charge in [0.05, 0.1) is 16.3 Å². The number of sulfonamides is 1. The zero-order valence-corrected chi connectivity index (χ0v) is 19.7. The van der Waals surface area contributed by atoms with Crippen LogP contribution in [0.25, 0.3) is 5.69 Å². The normalized spacial score (nSPS) is 15.6. The summed E-state index contributed by atoms with van der Waals surface area (Å²) in [5.41, 5.74) is 1.82. The lowest BCUT2D eigenvalue weighted by atomic mass is 10.1. The molecule has 0 aliphatic carbocycles. The first kappa shape index (κ1) is 23.3. The van der Waals surface area contributed by atoms with Crippen LogP contribution in [0.3, 0.4) is 0 Å². The fourth-order valence-corrected chi connectivity index (χ4v) is 4.55. The Labute approximate surface area is 197 Å². The number of anilines is 2. The Kier molecular flexibility index (Phi) is 6.31. The van der Waals surface area contributed by atoms with Gasteiger partial charge in [-0.3, -0.25) is 14.6 Å². The van der Waals surface area contributed by atoms with Gasteiger partial charge in [0.25, 0.3) is 0 Å². The number of amides is 1. The molecular weight excluding hydrogens is 456 g/mol. The van der Waals surface area contributed by atoms with Gasteiger partial charge in [-0.1, -0.05) is 12.1 Å². The molecule has 1 atom stereocenters. The van der Waals surface area contributed by atoms with Gasteiger partial charge in [-0.2, -0.15) is 10.2 Å². The summed E-state index contributed by atoms with van der Waals surface area (Å²) in [5.74, 6) is -0.190. The lowest BCUT2D eigenvalue weighted by Gasteiger charge is -2.24. The quantitative estimate of drug-likeness (QED) is 0.579. The largest absolute Gasteiger partial charge is 0.326 e. The number of hydrogen-bond donors (Lipinski definition) is 1. The third kappa shape index (κ3) is 4.61. The number of benzene rings is 2. The molecule has 2 aromatic carbocycles. The molecule has 0 radical (unpaired) electrons. The Morgan fingerprint density at radius 3 is 2.56 bits per heavy atom. The van der Waals surface area contributed by atoms with E-state index in [1.807, 2.05) is 6.07 Å². The molecule has 0 saturated carbocycles. The van der Waals surface area contributed by atoms with Gasteiger partial charge >= 0.3 is 0 Å². The molecule has 11 heteroatoms. The van der Waals surface area contributed by atoms with E-state index in [2.05, 4.69) is 15.5 Å². The second-order valence-electron chi connectivity index (χ2n) is 7.92. The van der Waals surface area contributed by atoms with E-state index in [1.165, 1.54) is 50.1 Å². The van der Waals surface area contributed by atoms with Crippen LogP contribution in [0, 0.1) is 0 Å². The Bertz CT molecular complexity index is 1430. The molecule has 2 heterocycles. The number of carbonyl (C=O) groups excluding carboxylic acids is 1. The lowest BCUT2D eigenvalue weighted by molar-refractivity contribution is -0.114. The van der Waals surface area contributed by atoms with Gasteiger partial charge in [-0.05, 0) is 36.4 Å². The van der Waals surface area contributed by atoms with E-state index >= 15 is 0 Å². The second kappa shape index (κ2) is 9.20. The minimum atomic E-state index is -3.63. The smallest absolute Gasteiger partial charge is 0.242 e. The van der Waals surface area contributed by atoms with Crippen LogP contribution in [0.4, 0.5) is 11.4 Å². The minimum absolute atomic E-state index is 0.123. The predicted octanol–water partition coefficient (Wildman–Crippen LogP) is 2.38. The number of rotatable bonds is 6. The Morgan fingerprint density at radius 1 is 1.09 bits per heavy atom. The zero-order valence-electron chi connectivity index (χ0n) is 18.9. The Balaban J connectivity index is 1.71. The van der Waals surface area contributed by atoms with E-state index < -0.39 is 16.1 Å². The second-order valence-corrected chi connectivity index (χ2v) is 10.1. The summed E-state index contributed by atoms with van der Waals surface area (Å²) in [6, 6.07) is 14.5. The summed E-state index contributed by atoms with van der Waals surface area (Å²) in [6.45, 7) is 1.43. The fraction of sp³-hybridized carbons (Fsp3) is 0.217. The van der Waals surface area contributed by atoms with Gasteiger partial charge < -0.3 is 5.32 Å². The van der Waals surface area contributed by atoms with Crippen LogP contribution < -0.4 is 15.8 Å². The lowest BCUT2D eigenvalue weighted by Crippen LogP contribution is -2.27. The van der Waals surface area contributed by atoms with Crippen molar-refractivity contribution in [3.63, 3.8) is 0 Å². The maximum Gasteiger partial charge on any atom is 0.242 e. The van der Waals surface area contributed by atoms with Gasteiger partial charge in [-0.25, -0.2) is 17.4 Å². The molecule has 0 spiro atoms. The highest BCUT2D eigenvalue weighted by atomic mass is 32.2. The molecule has 1 N–H and O–H groups in total. The van der Waals surface area contributed by atoms with Crippen LogP contribution in [0.15, 0.2) is 75.6 Å². The van der Waals surface area contributed by atoms with Crippen molar-refractivity contribution in [2.24, 2.45) is 5.10 Å². The summed E-state index contributed by atoms with van der Waals surface area (Å²) >= 11 is 0. The van der Waals surface area contributed by atoms with Crippen molar-refractivity contribution >= 4 is 33.5 Å². The van der Waals surface area contributed by atoms with Crippen LogP contribution >= 0.6 is 0 Å². The van der Waals surface area contributed by atoms with Crippen molar-refractivity contribution in [3.05, 3.63) is 76.7 Å². The van der Waals surface area contributed by atoms with E-state index in [1.54, 1.807) is 41.6 Å². The first-order chi connectivity index (χ1) is 16.2. The maximum atomic E-state index is 12.8. The van der Waals surface area contributed by atoms with E-state index in [0.717, 1.165) is 4.31 Å². The molecule has 3 aromatic rings. The monoisotopic (exact) mass is 480 g/mol. The summed E-state index contributed by atoms with van der Waals surface area (Å²) in [7, 11) is -0.695. The molecule has 176 valence electrons. The van der Waals surface area contributed by atoms with E-state index in [0.29, 0.717) is 23.5 Å². The van der Waals surface area contributed by atoms with E-state index in [4.69, 9.17) is 0 Å². The SMILES string of the molecule is CC(=O)Nc1cccc(N2N=CCC2c2nn(-c3cccc(S(=O)(=O)N(C)C)c3)ccc2=O)c1. The first-order valence-corrected chi connectivity index (χ1v) is 11.9. The average Bonchev–Trinajstić information content (AvgIpc) is 3.29. The zero-order chi connectivity index (χ0) is 24.5. The van der Waals surface area contributed by atoms with Crippen molar-refractivity contribution in [2.75, 3.05) is 24.4 Å². The topological polar surface area (TPSA) is 117 Å². The van der Waals surface area contributed by atoms with Crippen LogP contribution in [-0.4, -0.2) is 48.7 Å². The Morgan fingerprint density at radius 2 is 1.82 bits per heavy atom. The van der Waals surface area contributed by atoms with Crippen molar-refractivity contribution in [3.8, 4) is 5.69 Å². The fourth-order valence-electron chi connectivity index (χ4n) is 3.61. The third-order valence-electron chi connectivity index (χ3n) is 5.27. The van der Waals surface area contributed by atoms with Gasteiger partial charge in [0.2, 0.25) is 21.4 Å². The number of hydrogen-bond acceptors (Lipinski definition) is 7. The molecule has 0 bridgehead atoms. The Hall–Kier alpha value is -3.83. The van der Waals surface area contributed by atoms with Gasteiger partial charge in [-0.15, -0.1) is 0 Å². The number of nitrogens with one attached hydrogen (secondary N) is 1. The van der Waals surface area contributed by atoms with Gasteiger partial charge in [0, 0.05) is 51.6 Å². The summed E-state index contributed by atoms with van der Waals surface area (Å²) < 4.78 is 27.7. The van der Waals surface area contributed by atoms with Crippen molar-refractivity contribution < 1.29 is 13.2 Å². The maximum absolute atomic E-state index is 12.8. The highest BCUT2D eigenvalue weighted by Crippen LogP contribution is 2.32. The van der Waals surface area contributed by atoms with E-state index in [9.17, 15) is 18.0 Å². The average molecular weight is 481 g/mol. The molecule has 4 rings (SSSR count). The molecule has 34 heavy (non-hydrogen) atoms. The van der Waals surface area contributed by atoms with Crippen molar-refractivity contribution in [1.29, 1.82) is 0 Å². The molecule has 1 aliphatic rings. The molecule has 0 fully saturated rings. The predicted molar refractivity (Wildman–Crippen MR) is 130 cm³/mol. The summed E-state index contributed by atoms with van der Waals surface area (Å²) in [6.07, 6.45) is 3.68. The van der Waals surface area contributed by atoms with Crippen LogP contribution in [-0.2, 0) is 14.8 Å². The van der Waals surface area contributed by atoms with Crippen molar-refractivity contribution in [2.45, 2.75) is 24.3 Å². The summed E-state index contributed by atoms with van der Waals surface area (Å²) in [5, 5.41) is 13.4. The number of hydrazone groups is 1. The summed E-state index contributed by atoms with van der Waals surface area (Å²) in [4.78, 5) is 24.3. The van der Waals surface area contributed by atoms with Crippen molar-refractivity contribution in [1.82, 2.24) is 14.1 Å². The highest BCUT2D eigenvalue weighted by molar-refractivity contribution is 7.89. The third-order valence-corrected chi connectivity index (χ3v) is 7.08. The molecule has 1 unspecified atom stereocenters. The first-order valence-electron chi connectivity index (χ1n) is 10.5. The highest BCUT2D eigenvalue weighted by Gasteiger charge is 2.28. The van der Waals surface area contributed by atoms with Crippen LogP contribution in [0.1, 0.15) is 25.1 Å². The van der Waals surface area contributed by atoms with Gasteiger partial charge in [0.15, 0.2) is 0 Å². The molecule has 0 saturated heterocycles. The molecule has 1 aliphatic heterocycles. The molecule has 1 aromatic heterocycles. The number of aromatic nitrogens is 2. The van der Waals surface area contributed by atoms with Crippen LogP contribution in [0.2, 0.25) is 0 Å². The molecular formula is C23H24N6O4S. The number of nitrogens with zero attached hydrogens (tertiary/aromatic N) is 5. The molecule has 10 nitrogen and oxygen atoms in total. The van der Waals surface area contributed by atoms with Crippen LogP contribution in [0.5, 0.6) is 0 Å². The van der Waals surface area contributed by atoms with Gasteiger partial charge in [0.1, 0.15) is 11.7 Å². The number of carbonyl (C=O) groups is 1. The van der Waals surface area contributed by atoms with E-state index in [-0.39, 0.29) is 21.9 Å². The molecule has 1 amide bonds. The standard InChI is InChI=1S/C23H24N6O4S/c1-16(30)25-17-6-4-8-19(14-17)29-21(10-12-24-29)23-22(31)11-13-28(26-23)18-7-5-9-20(15-18)34(32,33)27(2)3/h4-9,11-15,21H,10H2,1-3H3,(H,25,30).